The van der Waals surface area contributed by atoms with Crippen LogP contribution in [0.2, 0.25) is 0 Å². The lowest BCUT2D eigenvalue weighted by Crippen LogP contribution is -2.25. The number of carbonyl (C=O) groups is 1. The SMILES string of the molecule is O=C(N=C1N=C2C=CC(I)=CN2Cc2ccccc21)C1CCCCC1. The first kappa shape index (κ1) is 16.7. The van der Waals surface area contributed by atoms with Crippen molar-refractivity contribution in [2.75, 3.05) is 0 Å². The summed E-state index contributed by atoms with van der Waals surface area (Å²) in [5.74, 6) is 1.45. The van der Waals surface area contributed by atoms with Crippen LogP contribution in [-0.4, -0.2) is 22.5 Å². The Morgan fingerprint density at radius 2 is 1.96 bits per heavy atom. The summed E-state index contributed by atoms with van der Waals surface area (Å²) in [5, 5.41) is 0. The molecule has 25 heavy (non-hydrogen) atoms. The van der Waals surface area contributed by atoms with Crippen LogP contribution in [0.25, 0.3) is 0 Å². The Bertz CT molecular complexity index is 816. The molecule has 128 valence electrons. The van der Waals surface area contributed by atoms with Crippen LogP contribution in [0.15, 0.2) is 56.2 Å². The summed E-state index contributed by atoms with van der Waals surface area (Å²) in [5.41, 5.74) is 2.11. The van der Waals surface area contributed by atoms with Gasteiger partial charge in [0.25, 0.3) is 5.91 Å². The number of aliphatic imine (C=N–C) groups is 2. The topological polar surface area (TPSA) is 45.0 Å². The second-order valence-electron chi connectivity index (χ2n) is 6.71. The maximum absolute atomic E-state index is 12.7. The first-order valence-corrected chi connectivity index (χ1v) is 9.90. The third kappa shape index (κ3) is 3.61. The van der Waals surface area contributed by atoms with E-state index in [4.69, 9.17) is 4.99 Å². The molecule has 0 unspecified atom stereocenters. The minimum atomic E-state index is -0.00721. The molecule has 1 fully saturated rings. The molecule has 0 N–H and O–H groups in total. The predicted octanol–water partition coefficient (Wildman–Crippen LogP) is 4.60. The summed E-state index contributed by atoms with van der Waals surface area (Å²) in [6, 6.07) is 8.12. The van der Waals surface area contributed by atoms with Crippen LogP contribution in [0.4, 0.5) is 0 Å². The number of carbonyl (C=O) groups excluding carboxylic acids is 1. The van der Waals surface area contributed by atoms with Crippen LogP contribution < -0.4 is 0 Å². The van der Waals surface area contributed by atoms with E-state index in [0.717, 1.165) is 52.8 Å². The lowest BCUT2D eigenvalue weighted by molar-refractivity contribution is -0.122. The van der Waals surface area contributed by atoms with Crippen molar-refractivity contribution in [3.8, 4) is 0 Å². The number of hydrogen-bond acceptors (Lipinski definition) is 2. The zero-order valence-electron chi connectivity index (χ0n) is 14.0. The lowest BCUT2D eigenvalue weighted by atomic mass is 9.89. The van der Waals surface area contributed by atoms with Crippen molar-refractivity contribution >= 4 is 40.2 Å². The van der Waals surface area contributed by atoms with Crippen molar-refractivity contribution in [2.24, 2.45) is 15.9 Å². The number of allylic oxidation sites excluding steroid dienone is 2. The van der Waals surface area contributed by atoms with Gasteiger partial charge in [-0.25, -0.2) is 4.99 Å². The number of amidine groups is 2. The highest BCUT2D eigenvalue weighted by Gasteiger charge is 2.24. The highest BCUT2D eigenvalue weighted by molar-refractivity contribution is 14.1. The summed E-state index contributed by atoms with van der Waals surface area (Å²) in [7, 11) is 0. The second kappa shape index (κ2) is 7.23. The monoisotopic (exact) mass is 445 g/mol. The zero-order valence-corrected chi connectivity index (χ0v) is 16.1. The first-order chi connectivity index (χ1) is 12.2. The molecule has 0 bridgehead atoms. The maximum Gasteiger partial charge on any atom is 0.250 e. The number of fused-ring (bicyclic) bond motifs is 2. The molecule has 0 spiro atoms. The van der Waals surface area contributed by atoms with Crippen molar-refractivity contribution in [3.05, 3.63) is 57.3 Å². The molecule has 2 heterocycles. The van der Waals surface area contributed by atoms with Crippen molar-refractivity contribution in [2.45, 2.75) is 38.6 Å². The number of hydrogen-bond donors (Lipinski definition) is 0. The van der Waals surface area contributed by atoms with E-state index in [2.05, 4.69) is 44.7 Å². The van der Waals surface area contributed by atoms with Crippen LogP contribution in [0, 0.1) is 5.92 Å². The summed E-state index contributed by atoms with van der Waals surface area (Å²) >= 11 is 2.31. The van der Waals surface area contributed by atoms with Gasteiger partial charge in [-0.15, -0.1) is 0 Å². The van der Waals surface area contributed by atoms with Gasteiger partial charge in [-0.05, 0) is 53.1 Å². The van der Waals surface area contributed by atoms with E-state index in [0.29, 0.717) is 5.84 Å². The van der Waals surface area contributed by atoms with Crippen LogP contribution in [0.1, 0.15) is 43.2 Å². The van der Waals surface area contributed by atoms with Crippen LogP contribution in [0.3, 0.4) is 0 Å². The van der Waals surface area contributed by atoms with E-state index in [1.54, 1.807) is 0 Å². The number of rotatable bonds is 1. The van der Waals surface area contributed by atoms with Gasteiger partial charge in [0, 0.05) is 27.8 Å². The third-order valence-electron chi connectivity index (χ3n) is 4.95. The highest BCUT2D eigenvalue weighted by Crippen LogP contribution is 2.27. The fourth-order valence-corrected chi connectivity index (χ4v) is 4.11. The molecule has 1 amide bonds. The summed E-state index contributed by atoms with van der Waals surface area (Å²) in [4.78, 5) is 24.0. The fraction of sp³-hybridized carbons (Fsp3) is 0.350. The molecule has 2 aliphatic heterocycles. The van der Waals surface area contributed by atoms with Gasteiger partial charge in [0.1, 0.15) is 5.84 Å². The Hall–Kier alpha value is -1.76. The van der Waals surface area contributed by atoms with Gasteiger partial charge in [0.2, 0.25) is 0 Å². The minimum absolute atomic E-state index is 0.00721. The van der Waals surface area contributed by atoms with Crippen LogP contribution in [0.5, 0.6) is 0 Å². The number of benzene rings is 1. The Labute approximate surface area is 161 Å². The second-order valence-corrected chi connectivity index (χ2v) is 7.96. The molecule has 1 aromatic rings. The van der Waals surface area contributed by atoms with Crippen LogP contribution in [-0.2, 0) is 11.3 Å². The van der Waals surface area contributed by atoms with Gasteiger partial charge in [0.15, 0.2) is 5.84 Å². The zero-order chi connectivity index (χ0) is 17.2. The Balaban J connectivity index is 1.74. The Kier molecular flexibility index (Phi) is 4.83. The average Bonchev–Trinajstić information content (AvgIpc) is 2.79. The molecule has 5 heteroatoms. The van der Waals surface area contributed by atoms with Gasteiger partial charge >= 0.3 is 0 Å². The van der Waals surface area contributed by atoms with Crippen molar-refractivity contribution in [3.63, 3.8) is 0 Å². The third-order valence-corrected chi connectivity index (χ3v) is 5.59. The van der Waals surface area contributed by atoms with Crippen molar-refractivity contribution < 1.29 is 4.79 Å². The Morgan fingerprint density at radius 3 is 2.80 bits per heavy atom. The van der Waals surface area contributed by atoms with E-state index in [9.17, 15) is 4.79 Å². The molecule has 4 rings (SSSR count). The normalized spacial score (nSPS) is 22.0. The van der Waals surface area contributed by atoms with Crippen LogP contribution >= 0.6 is 22.6 Å². The van der Waals surface area contributed by atoms with Gasteiger partial charge in [-0.1, -0.05) is 43.5 Å². The molecule has 0 aromatic heterocycles. The van der Waals surface area contributed by atoms with Crippen molar-refractivity contribution in [1.82, 2.24) is 4.90 Å². The Morgan fingerprint density at radius 1 is 1.16 bits per heavy atom. The summed E-state index contributed by atoms with van der Waals surface area (Å²) in [6.07, 6.45) is 11.5. The largest absolute Gasteiger partial charge is 0.327 e. The van der Waals surface area contributed by atoms with E-state index in [-0.39, 0.29) is 11.8 Å². The maximum atomic E-state index is 12.7. The quantitative estimate of drug-likeness (QED) is 0.594. The van der Waals surface area contributed by atoms with E-state index in [1.165, 1.54) is 6.42 Å². The molecule has 1 aliphatic carbocycles. The smallest absolute Gasteiger partial charge is 0.250 e. The number of amides is 1. The minimum Gasteiger partial charge on any atom is -0.327 e. The molecule has 4 nitrogen and oxygen atoms in total. The average molecular weight is 445 g/mol. The standard InChI is InChI=1S/C20H20IN3O/c21-16-10-11-18-22-19(23-20(25)14-6-2-1-3-7-14)17-9-5-4-8-15(17)12-24(18)13-16/h4-5,8-11,13-14H,1-3,6-7,12H2. The molecular formula is C20H20IN3O. The highest BCUT2D eigenvalue weighted by atomic mass is 127. The first-order valence-electron chi connectivity index (χ1n) is 8.82. The van der Waals surface area contributed by atoms with Gasteiger partial charge in [-0.3, -0.25) is 4.79 Å². The molecule has 1 saturated carbocycles. The van der Waals surface area contributed by atoms with Gasteiger partial charge in [-0.2, -0.15) is 4.99 Å². The lowest BCUT2D eigenvalue weighted by Gasteiger charge is -2.21. The molecule has 0 saturated heterocycles. The number of halogens is 1. The molecule has 3 aliphatic rings. The summed E-state index contributed by atoms with van der Waals surface area (Å²) < 4.78 is 1.16. The summed E-state index contributed by atoms with van der Waals surface area (Å²) in [6.45, 7) is 0.739. The predicted molar refractivity (Wildman–Crippen MR) is 109 cm³/mol. The number of nitrogens with zero attached hydrogens (tertiary/aromatic N) is 3. The van der Waals surface area contributed by atoms with Crippen molar-refractivity contribution in [1.29, 1.82) is 0 Å². The van der Waals surface area contributed by atoms with E-state index in [1.807, 2.05) is 30.4 Å². The molecule has 0 atom stereocenters. The molecule has 0 radical (unpaired) electrons. The molecule has 1 aromatic carbocycles. The van der Waals surface area contributed by atoms with Gasteiger partial charge < -0.3 is 4.90 Å². The fourth-order valence-electron chi connectivity index (χ4n) is 3.60. The van der Waals surface area contributed by atoms with Gasteiger partial charge in [0.05, 0.1) is 0 Å². The van der Waals surface area contributed by atoms with E-state index < -0.39 is 0 Å². The van der Waals surface area contributed by atoms with E-state index >= 15 is 0 Å². The molecular weight excluding hydrogens is 425 g/mol.